The molecule has 0 heterocycles. The standard InChI is InChI=1S/C16H12Cl2N2OS/c17-12-7-8-14(13(18)10-12)19-16(22)20-15(21)9-6-11-4-2-1-3-5-11/h1-10H,(H2,19,20,21,22)/b9-6+. The SMILES string of the molecule is O=C(/C=C/c1ccccc1)NC(=S)Nc1ccc(Cl)cc1Cl. The van der Waals surface area contributed by atoms with Gasteiger partial charge in [0.15, 0.2) is 5.11 Å². The first-order valence-corrected chi connectivity index (χ1v) is 7.51. The number of benzene rings is 2. The van der Waals surface area contributed by atoms with Gasteiger partial charge >= 0.3 is 0 Å². The zero-order valence-corrected chi connectivity index (χ0v) is 13.7. The Hall–Kier alpha value is -1.88. The van der Waals surface area contributed by atoms with Crippen LogP contribution < -0.4 is 10.6 Å². The van der Waals surface area contributed by atoms with Crippen LogP contribution in [0, 0.1) is 0 Å². The average molecular weight is 351 g/mol. The summed E-state index contributed by atoms with van der Waals surface area (Å²) >= 11 is 16.9. The Labute approximate surface area is 143 Å². The van der Waals surface area contributed by atoms with Gasteiger partial charge in [0.2, 0.25) is 5.91 Å². The highest BCUT2D eigenvalue weighted by Crippen LogP contribution is 2.25. The van der Waals surface area contributed by atoms with Gasteiger partial charge in [0.25, 0.3) is 0 Å². The minimum atomic E-state index is -0.327. The van der Waals surface area contributed by atoms with Crippen LogP contribution in [-0.4, -0.2) is 11.0 Å². The lowest BCUT2D eigenvalue weighted by Crippen LogP contribution is -2.32. The van der Waals surface area contributed by atoms with Crippen molar-refractivity contribution in [3.8, 4) is 0 Å². The molecular formula is C16H12Cl2N2OS. The zero-order valence-electron chi connectivity index (χ0n) is 11.3. The number of thiocarbonyl (C=S) groups is 1. The van der Waals surface area contributed by atoms with E-state index in [1.165, 1.54) is 6.08 Å². The summed E-state index contributed by atoms with van der Waals surface area (Å²) < 4.78 is 0. The molecule has 3 nitrogen and oxygen atoms in total. The van der Waals surface area contributed by atoms with Crippen molar-refractivity contribution in [2.24, 2.45) is 0 Å². The van der Waals surface area contributed by atoms with E-state index in [0.717, 1.165) is 5.56 Å². The molecule has 2 aromatic carbocycles. The highest BCUT2D eigenvalue weighted by molar-refractivity contribution is 7.80. The van der Waals surface area contributed by atoms with Crippen LogP contribution in [0.5, 0.6) is 0 Å². The van der Waals surface area contributed by atoms with Crippen molar-refractivity contribution in [3.63, 3.8) is 0 Å². The molecule has 0 aliphatic carbocycles. The molecule has 2 aromatic rings. The van der Waals surface area contributed by atoms with E-state index < -0.39 is 0 Å². The molecule has 112 valence electrons. The Morgan fingerprint density at radius 1 is 1.09 bits per heavy atom. The molecule has 0 unspecified atom stereocenters. The number of halogens is 2. The second kappa shape index (κ2) is 7.94. The first kappa shape index (κ1) is 16.5. The molecule has 1 amide bonds. The van der Waals surface area contributed by atoms with Gasteiger partial charge in [-0.25, -0.2) is 0 Å². The topological polar surface area (TPSA) is 41.1 Å². The van der Waals surface area contributed by atoms with E-state index in [1.54, 1.807) is 24.3 Å². The highest BCUT2D eigenvalue weighted by atomic mass is 35.5. The summed E-state index contributed by atoms with van der Waals surface area (Å²) in [5.41, 5.74) is 1.50. The third kappa shape index (κ3) is 5.15. The second-order valence-electron chi connectivity index (χ2n) is 4.31. The smallest absolute Gasteiger partial charge is 0.250 e. The number of carbonyl (C=O) groups excluding carboxylic acids is 1. The summed E-state index contributed by atoms with van der Waals surface area (Å²) in [6, 6.07) is 14.4. The molecule has 0 aromatic heterocycles. The molecule has 22 heavy (non-hydrogen) atoms. The molecule has 0 spiro atoms. The van der Waals surface area contributed by atoms with Crippen molar-refractivity contribution in [3.05, 3.63) is 70.2 Å². The predicted octanol–water partition coefficient (Wildman–Crippen LogP) is 4.52. The quantitative estimate of drug-likeness (QED) is 0.631. The molecule has 0 atom stereocenters. The summed E-state index contributed by atoms with van der Waals surface area (Å²) in [6.45, 7) is 0. The van der Waals surface area contributed by atoms with Crippen molar-refractivity contribution in [2.45, 2.75) is 0 Å². The number of carbonyl (C=O) groups is 1. The Morgan fingerprint density at radius 2 is 1.82 bits per heavy atom. The predicted molar refractivity (Wildman–Crippen MR) is 96.3 cm³/mol. The van der Waals surface area contributed by atoms with E-state index in [1.807, 2.05) is 30.3 Å². The van der Waals surface area contributed by atoms with Crippen LogP contribution in [-0.2, 0) is 4.79 Å². The van der Waals surface area contributed by atoms with Gasteiger partial charge in [-0.2, -0.15) is 0 Å². The number of hydrogen-bond acceptors (Lipinski definition) is 2. The van der Waals surface area contributed by atoms with E-state index >= 15 is 0 Å². The van der Waals surface area contributed by atoms with Crippen LogP contribution in [0.15, 0.2) is 54.6 Å². The van der Waals surface area contributed by atoms with Crippen LogP contribution in [0.1, 0.15) is 5.56 Å². The van der Waals surface area contributed by atoms with Crippen molar-refractivity contribution in [2.75, 3.05) is 5.32 Å². The van der Waals surface area contributed by atoms with Crippen LogP contribution in [0.25, 0.3) is 6.08 Å². The van der Waals surface area contributed by atoms with Crippen LogP contribution in [0.2, 0.25) is 10.0 Å². The fraction of sp³-hybridized carbons (Fsp3) is 0. The number of rotatable bonds is 3. The molecule has 0 bridgehead atoms. The Bertz CT molecular complexity index is 717. The molecule has 0 saturated carbocycles. The molecule has 0 aliphatic heterocycles. The normalized spacial score (nSPS) is 10.5. The first-order valence-electron chi connectivity index (χ1n) is 6.35. The van der Waals surface area contributed by atoms with E-state index in [-0.39, 0.29) is 11.0 Å². The van der Waals surface area contributed by atoms with Crippen molar-refractivity contribution in [1.29, 1.82) is 0 Å². The number of anilines is 1. The largest absolute Gasteiger partial charge is 0.331 e. The van der Waals surface area contributed by atoms with Gasteiger partial charge in [-0.05, 0) is 42.1 Å². The number of amides is 1. The van der Waals surface area contributed by atoms with Gasteiger partial charge in [0.1, 0.15) is 0 Å². The molecule has 0 saturated heterocycles. The van der Waals surface area contributed by atoms with Gasteiger partial charge in [-0.3, -0.25) is 10.1 Å². The van der Waals surface area contributed by atoms with Crippen LogP contribution in [0.4, 0.5) is 5.69 Å². The van der Waals surface area contributed by atoms with Crippen molar-refractivity contribution >= 4 is 58.2 Å². The van der Waals surface area contributed by atoms with Gasteiger partial charge in [-0.15, -0.1) is 0 Å². The van der Waals surface area contributed by atoms with Crippen LogP contribution >= 0.6 is 35.4 Å². The minimum absolute atomic E-state index is 0.159. The van der Waals surface area contributed by atoms with Gasteiger partial charge in [0, 0.05) is 11.1 Å². The molecule has 2 rings (SSSR count). The van der Waals surface area contributed by atoms with Gasteiger partial charge in [0.05, 0.1) is 10.7 Å². The monoisotopic (exact) mass is 350 g/mol. The fourth-order valence-corrected chi connectivity index (χ4v) is 2.30. The lowest BCUT2D eigenvalue weighted by molar-refractivity contribution is -0.115. The maximum atomic E-state index is 11.8. The van der Waals surface area contributed by atoms with E-state index in [4.69, 9.17) is 35.4 Å². The Kier molecular flexibility index (Phi) is 5.95. The van der Waals surface area contributed by atoms with Gasteiger partial charge < -0.3 is 5.32 Å². The van der Waals surface area contributed by atoms with Gasteiger partial charge in [-0.1, -0.05) is 53.5 Å². The van der Waals surface area contributed by atoms with Crippen LogP contribution in [0.3, 0.4) is 0 Å². The highest BCUT2D eigenvalue weighted by Gasteiger charge is 2.05. The summed E-state index contributed by atoms with van der Waals surface area (Å²) in [7, 11) is 0. The third-order valence-electron chi connectivity index (χ3n) is 2.64. The van der Waals surface area contributed by atoms with Crippen molar-refractivity contribution in [1.82, 2.24) is 5.32 Å². The number of nitrogens with one attached hydrogen (secondary N) is 2. The molecule has 0 fully saturated rings. The lowest BCUT2D eigenvalue weighted by Gasteiger charge is -2.09. The maximum absolute atomic E-state index is 11.8. The Balaban J connectivity index is 1.91. The second-order valence-corrected chi connectivity index (χ2v) is 5.56. The molecule has 6 heteroatoms. The van der Waals surface area contributed by atoms with E-state index in [9.17, 15) is 4.79 Å². The van der Waals surface area contributed by atoms with E-state index in [0.29, 0.717) is 15.7 Å². The lowest BCUT2D eigenvalue weighted by atomic mass is 10.2. The van der Waals surface area contributed by atoms with Crippen molar-refractivity contribution < 1.29 is 4.79 Å². The summed E-state index contributed by atoms with van der Waals surface area (Å²) in [5, 5.41) is 6.49. The fourth-order valence-electron chi connectivity index (χ4n) is 1.63. The van der Waals surface area contributed by atoms with E-state index in [2.05, 4.69) is 10.6 Å². The molecule has 2 N–H and O–H groups in total. The maximum Gasteiger partial charge on any atom is 0.250 e. The molecular weight excluding hydrogens is 339 g/mol. The number of hydrogen-bond donors (Lipinski definition) is 2. The zero-order chi connectivity index (χ0) is 15.9. The first-order chi connectivity index (χ1) is 10.5. The molecule has 0 aliphatic rings. The summed E-state index contributed by atoms with van der Waals surface area (Å²) in [6.07, 6.45) is 3.11. The summed E-state index contributed by atoms with van der Waals surface area (Å²) in [5.74, 6) is -0.327. The third-order valence-corrected chi connectivity index (χ3v) is 3.39. The Morgan fingerprint density at radius 3 is 2.50 bits per heavy atom. The minimum Gasteiger partial charge on any atom is -0.331 e. The average Bonchev–Trinajstić information content (AvgIpc) is 2.49. The molecule has 0 radical (unpaired) electrons. The summed E-state index contributed by atoms with van der Waals surface area (Å²) in [4.78, 5) is 11.8.